The number of likely N-dealkylation sites (tertiary alicyclic amines) is 1. The monoisotopic (exact) mass is 477 g/mol. The maximum absolute atomic E-state index is 13.2. The number of carbonyl (C=O) groups excluding carboxylic acids is 1. The van der Waals surface area contributed by atoms with Gasteiger partial charge in [0.25, 0.3) is 0 Å². The van der Waals surface area contributed by atoms with E-state index in [-0.39, 0.29) is 5.91 Å². The fourth-order valence-corrected chi connectivity index (χ4v) is 5.47. The van der Waals surface area contributed by atoms with E-state index in [9.17, 15) is 4.79 Å². The molecule has 160 valence electrons. The van der Waals surface area contributed by atoms with Gasteiger partial charge in [-0.1, -0.05) is 66.2 Å². The highest BCUT2D eigenvalue weighted by Crippen LogP contribution is 2.49. The second-order valence-corrected chi connectivity index (χ2v) is 10.5. The van der Waals surface area contributed by atoms with Crippen molar-refractivity contribution in [2.75, 3.05) is 13.1 Å². The molecule has 1 unspecified atom stereocenters. The third-order valence-electron chi connectivity index (χ3n) is 7.16. The molecule has 1 fully saturated rings. The Bertz CT molecular complexity index is 1110. The molecule has 4 nitrogen and oxygen atoms in total. The second kappa shape index (κ2) is 7.63. The fourth-order valence-electron chi connectivity index (χ4n) is 5.21. The molecule has 1 aromatic heterocycles. The minimum absolute atomic E-state index is 0.262. The van der Waals surface area contributed by atoms with Gasteiger partial charge < -0.3 is 9.47 Å². The summed E-state index contributed by atoms with van der Waals surface area (Å²) in [5, 5.41) is 0. The number of benzene rings is 2. The molecule has 0 N–H and O–H groups in total. The molecule has 31 heavy (non-hydrogen) atoms. The van der Waals surface area contributed by atoms with Crippen LogP contribution in [0.4, 0.5) is 0 Å². The van der Waals surface area contributed by atoms with E-state index in [0.717, 1.165) is 41.8 Å². The van der Waals surface area contributed by atoms with E-state index in [1.165, 1.54) is 11.1 Å². The standard InChI is InChI=1S/C26H28BrN3O/c1-25(2)13-16-29(17-14-25)23(31)11-12-26(19-7-9-20(27)10-8-19)22-6-4-3-5-21(22)24-28-15-18-30(24)26/h3-10,15,18H,11-14,16-17H2,1-2H3. The molecular weight excluding hydrogens is 450 g/mol. The van der Waals surface area contributed by atoms with E-state index in [1.807, 2.05) is 6.20 Å². The van der Waals surface area contributed by atoms with E-state index in [0.29, 0.717) is 18.3 Å². The molecule has 1 saturated heterocycles. The Balaban J connectivity index is 1.52. The molecule has 5 heteroatoms. The van der Waals surface area contributed by atoms with Crippen molar-refractivity contribution in [2.45, 2.75) is 45.1 Å². The third kappa shape index (κ3) is 3.43. The fraction of sp³-hybridized carbons (Fsp3) is 0.385. The van der Waals surface area contributed by atoms with Gasteiger partial charge in [-0.25, -0.2) is 4.98 Å². The molecule has 0 bridgehead atoms. The lowest BCUT2D eigenvalue weighted by Gasteiger charge is -2.38. The van der Waals surface area contributed by atoms with Gasteiger partial charge in [0.05, 0.1) is 5.54 Å². The molecule has 0 aliphatic carbocycles. The molecule has 3 heterocycles. The first-order valence-corrected chi connectivity index (χ1v) is 11.9. The highest BCUT2D eigenvalue weighted by Gasteiger charge is 2.45. The van der Waals surface area contributed by atoms with Gasteiger partial charge in [0, 0.05) is 41.9 Å². The zero-order valence-electron chi connectivity index (χ0n) is 18.1. The first-order chi connectivity index (χ1) is 14.9. The summed E-state index contributed by atoms with van der Waals surface area (Å²) in [6.45, 7) is 6.33. The molecule has 1 atom stereocenters. The van der Waals surface area contributed by atoms with E-state index < -0.39 is 5.54 Å². The maximum Gasteiger partial charge on any atom is 0.222 e. The Kier molecular flexibility index (Phi) is 5.04. The molecule has 1 amide bonds. The minimum atomic E-state index is -0.423. The van der Waals surface area contributed by atoms with Crippen molar-refractivity contribution >= 4 is 21.8 Å². The average molecular weight is 478 g/mol. The van der Waals surface area contributed by atoms with Crippen LogP contribution in [0.15, 0.2) is 65.4 Å². The van der Waals surface area contributed by atoms with Gasteiger partial charge in [0.1, 0.15) is 5.82 Å². The molecule has 2 aliphatic heterocycles. The Hall–Kier alpha value is -2.40. The van der Waals surface area contributed by atoms with Gasteiger partial charge in [-0.3, -0.25) is 4.79 Å². The third-order valence-corrected chi connectivity index (χ3v) is 7.69. The van der Waals surface area contributed by atoms with Crippen molar-refractivity contribution < 1.29 is 4.79 Å². The van der Waals surface area contributed by atoms with Crippen LogP contribution in [0.5, 0.6) is 0 Å². The van der Waals surface area contributed by atoms with Crippen LogP contribution in [0.3, 0.4) is 0 Å². The average Bonchev–Trinajstić information content (AvgIpc) is 3.34. The molecule has 0 saturated carbocycles. The number of piperidine rings is 1. The zero-order chi connectivity index (χ0) is 21.6. The molecule has 0 radical (unpaired) electrons. The zero-order valence-corrected chi connectivity index (χ0v) is 19.7. The number of hydrogen-bond donors (Lipinski definition) is 0. The summed E-state index contributed by atoms with van der Waals surface area (Å²) < 4.78 is 3.32. The first-order valence-electron chi connectivity index (χ1n) is 11.1. The molecule has 2 aliphatic rings. The van der Waals surface area contributed by atoms with Crippen molar-refractivity contribution in [2.24, 2.45) is 5.41 Å². The highest BCUT2D eigenvalue weighted by molar-refractivity contribution is 9.10. The molecule has 3 aromatic rings. The van der Waals surface area contributed by atoms with Crippen LogP contribution in [-0.4, -0.2) is 33.4 Å². The molecule has 2 aromatic carbocycles. The van der Waals surface area contributed by atoms with Gasteiger partial charge in [-0.2, -0.15) is 0 Å². The van der Waals surface area contributed by atoms with Crippen molar-refractivity contribution in [3.05, 3.63) is 76.5 Å². The van der Waals surface area contributed by atoms with E-state index in [4.69, 9.17) is 0 Å². The summed E-state index contributed by atoms with van der Waals surface area (Å²) >= 11 is 3.57. The van der Waals surface area contributed by atoms with Crippen molar-refractivity contribution in [3.63, 3.8) is 0 Å². The molecule has 5 rings (SSSR count). The smallest absolute Gasteiger partial charge is 0.222 e. The van der Waals surface area contributed by atoms with Gasteiger partial charge >= 0.3 is 0 Å². The number of amides is 1. The molecular formula is C26H28BrN3O. The summed E-state index contributed by atoms with van der Waals surface area (Å²) in [5.41, 5.74) is 3.49. The molecule has 0 spiro atoms. The lowest BCUT2D eigenvalue weighted by Crippen LogP contribution is -2.42. The van der Waals surface area contributed by atoms with Crippen molar-refractivity contribution in [1.29, 1.82) is 0 Å². The normalized spacial score (nSPS) is 21.6. The van der Waals surface area contributed by atoms with Crippen LogP contribution in [0.1, 0.15) is 50.7 Å². The van der Waals surface area contributed by atoms with E-state index in [2.05, 4.69) is 99.0 Å². The highest BCUT2D eigenvalue weighted by atomic mass is 79.9. The number of rotatable bonds is 4. The largest absolute Gasteiger partial charge is 0.343 e. The van der Waals surface area contributed by atoms with Crippen LogP contribution in [0.2, 0.25) is 0 Å². The predicted octanol–water partition coefficient (Wildman–Crippen LogP) is 5.85. The van der Waals surface area contributed by atoms with Crippen LogP contribution in [-0.2, 0) is 10.3 Å². The summed E-state index contributed by atoms with van der Waals surface area (Å²) in [4.78, 5) is 20.0. The Morgan fingerprint density at radius 3 is 2.52 bits per heavy atom. The van der Waals surface area contributed by atoms with Crippen LogP contribution in [0, 0.1) is 5.41 Å². The van der Waals surface area contributed by atoms with Crippen LogP contribution in [0.25, 0.3) is 11.4 Å². The quantitative estimate of drug-likeness (QED) is 0.472. The summed E-state index contributed by atoms with van der Waals surface area (Å²) in [5.74, 6) is 1.24. The van der Waals surface area contributed by atoms with E-state index >= 15 is 0 Å². The number of fused-ring (bicyclic) bond motifs is 3. The predicted molar refractivity (Wildman–Crippen MR) is 127 cm³/mol. The lowest BCUT2D eigenvalue weighted by atomic mass is 9.78. The summed E-state index contributed by atoms with van der Waals surface area (Å²) in [6.07, 6.45) is 7.31. The summed E-state index contributed by atoms with van der Waals surface area (Å²) in [7, 11) is 0. The second-order valence-electron chi connectivity index (χ2n) is 9.58. The number of imidazole rings is 1. The Morgan fingerprint density at radius 1 is 1.06 bits per heavy atom. The Labute approximate surface area is 192 Å². The summed E-state index contributed by atoms with van der Waals surface area (Å²) in [6, 6.07) is 17.0. The van der Waals surface area contributed by atoms with Crippen molar-refractivity contribution in [1.82, 2.24) is 14.5 Å². The Morgan fingerprint density at radius 2 is 1.77 bits per heavy atom. The number of nitrogens with zero attached hydrogens (tertiary/aromatic N) is 3. The topological polar surface area (TPSA) is 38.1 Å². The van der Waals surface area contributed by atoms with E-state index in [1.54, 1.807) is 0 Å². The number of carbonyl (C=O) groups is 1. The maximum atomic E-state index is 13.2. The SMILES string of the molecule is CC1(C)CCN(C(=O)CCC2(c3ccc(Br)cc3)c3ccccc3-c3nccn32)CC1. The van der Waals surface area contributed by atoms with Gasteiger partial charge in [-0.05, 0) is 47.9 Å². The van der Waals surface area contributed by atoms with Crippen LogP contribution >= 0.6 is 15.9 Å². The first kappa shape index (κ1) is 20.5. The van der Waals surface area contributed by atoms with Crippen LogP contribution < -0.4 is 0 Å². The lowest BCUT2D eigenvalue weighted by molar-refractivity contribution is -0.133. The number of aromatic nitrogens is 2. The van der Waals surface area contributed by atoms with Gasteiger partial charge in [0.2, 0.25) is 5.91 Å². The van der Waals surface area contributed by atoms with Gasteiger partial charge in [0.15, 0.2) is 0 Å². The number of hydrogen-bond acceptors (Lipinski definition) is 2. The van der Waals surface area contributed by atoms with Gasteiger partial charge in [-0.15, -0.1) is 0 Å². The van der Waals surface area contributed by atoms with Crippen molar-refractivity contribution in [3.8, 4) is 11.4 Å². The number of halogens is 1. The minimum Gasteiger partial charge on any atom is -0.343 e.